The summed E-state index contributed by atoms with van der Waals surface area (Å²) in [6.45, 7) is 2.09. The Hall–Kier alpha value is -4.61. The first kappa shape index (κ1) is 30.6. The quantitative estimate of drug-likeness (QED) is 0.156. The highest BCUT2D eigenvalue weighted by atomic mass is 16.5. The summed E-state index contributed by atoms with van der Waals surface area (Å²) in [7, 11) is 0. The highest BCUT2D eigenvalue weighted by Gasteiger charge is 2.28. The first-order valence-electron chi connectivity index (χ1n) is 12.4. The average Bonchev–Trinajstić information content (AvgIpc) is 2.92. The number of hydrogen-bond acceptors (Lipinski definition) is 7. The van der Waals surface area contributed by atoms with Crippen molar-refractivity contribution in [2.45, 2.75) is 51.4 Å². The fourth-order valence-corrected chi connectivity index (χ4v) is 3.37. The van der Waals surface area contributed by atoms with Crippen molar-refractivity contribution in [3.05, 3.63) is 65.7 Å². The molecule has 0 bridgehead atoms. The van der Waals surface area contributed by atoms with Gasteiger partial charge in [0.15, 0.2) is 0 Å². The molecule has 2 aromatic carbocycles. The van der Waals surface area contributed by atoms with E-state index in [-0.39, 0.29) is 18.8 Å². The van der Waals surface area contributed by atoms with Gasteiger partial charge in [0.25, 0.3) is 6.10 Å². The Balaban J connectivity index is 1.96. The summed E-state index contributed by atoms with van der Waals surface area (Å²) in [5.41, 5.74) is 1.38. The summed E-state index contributed by atoms with van der Waals surface area (Å²) in [6.07, 6.45) is -0.0960. The van der Waals surface area contributed by atoms with Crippen LogP contribution in [0.25, 0.3) is 0 Å². The van der Waals surface area contributed by atoms with Crippen molar-refractivity contribution < 1.29 is 43.7 Å². The van der Waals surface area contributed by atoms with E-state index in [2.05, 4.69) is 16.0 Å². The minimum atomic E-state index is -2.07. The van der Waals surface area contributed by atoms with Crippen LogP contribution in [-0.2, 0) is 36.9 Å². The maximum absolute atomic E-state index is 12.8. The van der Waals surface area contributed by atoms with Gasteiger partial charge in [-0.05, 0) is 29.7 Å². The van der Waals surface area contributed by atoms with E-state index >= 15 is 0 Å². The predicted octanol–water partition coefficient (Wildman–Crippen LogP) is 1.86. The second-order valence-electron chi connectivity index (χ2n) is 8.56. The van der Waals surface area contributed by atoms with Crippen molar-refractivity contribution >= 4 is 29.8 Å². The number of ether oxygens (including phenoxy) is 2. The van der Waals surface area contributed by atoms with Gasteiger partial charge in [0.05, 0.1) is 0 Å². The van der Waals surface area contributed by atoms with Crippen LogP contribution in [-0.4, -0.2) is 65.3 Å². The minimum absolute atomic E-state index is 0.0105. The molecule has 3 amide bonds. The van der Waals surface area contributed by atoms with Gasteiger partial charge in [0.1, 0.15) is 24.9 Å². The van der Waals surface area contributed by atoms with Gasteiger partial charge < -0.3 is 35.6 Å². The molecule has 210 valence electrons. The molecule has 0 saturated carbocycles. The van der Waals surface area contributed by atoms with Crippen LogP contribution in [0.15, 0.2) is 54.6 Å². The van der Waals surface area contributed by atoms with Gasteiger partial charge in [-0.25, -0.2) is 14.4 Å². The molecule has 0 aliphatic rings. The smallest absolute Gasteiger partial charge is 0.407 e. The standard InChI is InChI=1S/C27H33N3O9/c1-2-3-7-14-28-24(32)21(15-18-10-12-20(13-11-18)39-23(25(33)34)26(35)36)30-22(31)16-29-27(37)38-17-19-8-5-4-6-9-19/h4-6,8-13,21,23H,2-3,7,14-17H2,1H3,(H,28,32)(H,29,37)(H,30,31)(H,33,34)(H,35,36)/t21-/m0/s1. The molecular weight excluding hydrogens is 510 g/mol. The van der Waals surface area contributed by atoms with Crippen LogP contribution < -0.4 is 20.7 Å². The van der Waals surface area contributed by atoms with Crippen molar-refractivity contribution in [2.24, 2.45) is 0 Å². The van der Waals surface area contributed by atoms with E-state index in [0.717, 1.165) is 24.8 Å². The normalized spacial score (nSPS) is 11.2. The van der Waals surface area contributed by atoms with E-state index in [9.17, 15) is 24.0 Å². The maximum atomic E-state index is 12.8. The third-order valence-electron chi connectivity index (χ3n) is 5.40. The van der Waals surface area contributed by atoms with E-state index in [0.29, 0.717) is 12.1 Å². The lowest BCUT2D eigenvalue weighted by molar-refractivity contribution is -0.159. The van der Waals surface area contributed by atoms with Gasteiger partial charge in [0, 0.05) is 13.0 Å². The van der Waals surface area contributed by atoms with Crippen molar-refractivity contribution in [2.75, 3.05) is 13.1 Å². The molecule has 2 rings (SSSR count). The summed E-state index contributed by atoms with van der Waals surface area (Å²) in [6, 6.07) is 13.9. The zero-order chi connectivity index (χ0) is 28.6. The summed E-state index contributed by atoms with van der Waals surface area (Å²) in [4.78, 5) is 59.3. The Kier molecular flexibility index (Phi) is 12.8. The zero-order valence-corrected chi connectivity index (χ0v) is 21.6. The highest BCUT2D eigenvalue weighted by Crippen LogP contribution is 2.16. The third kappa shape index (κ3) is 11.5. The topological polar surface area (TPSA) is 180 Å². The fraction of sp³-hybridized carbons (Fsp3) is 0.370. The van der Waals surface area contributed by atoms with Gasteiger partial charge >= 0.3 is 18.0 Å². The molecule has 0 aliphatic carbocycles. The second-order valence-corrected chi connectivity index (χ2v) is 8.56. The molecule has 0 fully saturated rings. The Bertz CT molecular complexity index is 1090. The van der Waals surface area contributed by atoms with E-state index in [1.165, 1.54) is 24.3 Å². The number of benzene rings is 2. The number of nitrogens with one attached hydrogen (secondary N) is 3. The molecule has 0 unspecified atom stereocenters. The second kappa shape index (κ2) is 16.3. The van der Waals surface area contributed by atoms with Gasteiger partial charge in [-0.2, -0.15) is 0 Å². The van der Waals surface area contributed by atoms with Crippen LogP contribution >= 0.6 is 0 Å². The largest absolute Gasteiger partial charge is 0.478 e. The van der Waals surface area contributed by atoms with Crippen molar-refractivity contribution in [1.29, 1.82) is 0 Å². The number of carboxylic acids is 2. The van der Waals surface area contributed by atoms with E-state index in [1.807, 2.05) is 13.0 Å². The third-order valence-corrected chi connectivity index (χ3v) is 5.40. The van der Waals surface area contributed by atoms with E-state index < -0.39 is 48.5 Å². The Morgan fingerprint density at radius 1 is 0.846 bits per heavy atom. The van der Waals surface area contributed by atoms with E-state index in [1.54, 1.807) is 24.3 Å². The molecule has 5 N–H and O–H groups in total. The first-order chi connectivity index (χ1) is 18.7. The average molecular weight is 544 g/mol. The number of unbranched alkanes of at least 4 members (excludes halogenated alkanes) is 2. The summed E-state index contributed by atoms with van der Waals surface area (Å²) >= 11 is 0. The maximum Gasteiger partial charge on any atom is 0.407 e. The molecule has 0 saturated heterocycles. The van der Waals surface area contributed by atoms with Crippen LogP contribution in [0.1, 0.15) is 37.3 Å². The molecule has 0 aliphatic heterocycles. The monoisotopic (exact) mass is 543 g/mol. The predicted molar refractivity (Wildman–Crippen MR) is 139 cm³/mol. The Morgan fingerprint density at radius 3 is 2.13 bits per heavy atom. The number of aliphatic carboxylic acids is 2. The SMILES string of the molecule is CCCCCNC(=O)[C@H](Cc1ccc(OC(C(=O)O)C(=O)O)cc1)NC(=O)CNC(=O)OCc1ccccc1. The number of carboxylic acid groups (broad SMARTS) is 2. The minimum Gasteiger partial charge on any atom is -0.478 e. The van der Waals surface area contributed by atoms with Crippen LogP contribution in [0.2, 0.25) is 0 Å². The van der Waals surface area contributed by atoms with Crippen LogP contribution in [0.3, 0.4) is 0 Å². The number of carbonyl (C=O) groups is 5. The highest BCUT2D eigenvalue weighted by molar-refractivity contribution is 5.96. The molecule has 1 atom stereocenters. The van der Waals surface area contributed by atoms with E-state index in [4.69, 9.17) is 19.7 Å². The van der Waals surface area contributed by atoms with Crippen molar-refractivity contribution in [3.8, 4) is 5.75 Å². The Labute approximate surface area is 225 Å². The van der Waals surface area contributed by atoms with Gasteiger partial charge in [-0.3, -0.25) is 9.59 Å². The molecule has 0 spiro atoms. The summed E-state index contributed by atoms with van der Waals surface area (Å²) in [5, 5.41) is 25.7. The lowest BCUT2D eigenvalue weighted by Crippen LogP contribution is -2.50. The first-order valence-corrected chi connectivity index (χ1v) is 12.4. The summed E-state index contributed by atoms with van der Waals surface area (Å²) < 4.78 is 10.1. The van der Waals surface area contributed by atoms with Crippen molar-refractivity contribution in [1.82, 2.24) is 16.0 Å². The lowest BCUT2D eigenvalue weighted by Gasteiger charge is -2.19. The molecule has 2 aromatic rings. The number of alkyl carbamates (subject to hydrolysis) is 1. The number of hydrogen-bond donors (Lipinski definition) is 5. The molecular formula is C27H33N3O9. The summed E-state index contributed by atoms with van der Waals surface area (Å²) in [5.74, 6) is -4.30. The molecule has 39 heavy (non-hydrogen) atoms. The molecule has 0 heterocycles. The number of rotatable bonds is 16. The Morgan fingerprint density at radius 2 is 1.51 bits per heavy atom. The van der Waals surface area contributed by atoms with Crippen LogP contribution in [0, 0.1) is 0 Å². The molecule has 0 aromatic heterocycles. The number of carbonyl (C=O) groups excluding carboxylic acids is 3. The molecule has 0 radical (unpaired) electrons. The molecule has 12 heteroatoms. The lowest BCUT2D eigenvalue weighted by atomic mass is 10.0. The molecule has 12 nitrogen and oxygen atoms in total. The van der Waals surface area contributed by atoms with Gasteiger partial charge in [-0.1, -0.05) is 62.2 Å². The van der Waals surface area contributed by atoms with Gasteiger partial charge in [-0.15, -0.1) is 0 Å². The number of amides is 3. The zero-order valence-electron chi connectivity index (χ0n) is 21.6. The van der Waals surface area contributed by atoms with Crippen LogP contribution in [0.5, 0.6) is 5.75 Å². The van der Waals surface area contributed by atoms with Crippen molar-refractivity contribution in [3.63, 3.8) is 0 Å². The fourth-order valence-electron chi connectivity index (χ4n) is 3.37. The van der Waals surface area contributed by atoms with Gasteiger partial charge in [0.2, 0.25) is 11.8 Å². The van der Waals surface area contributed by atoms with Crippen LogP contribution in [0.4, 0.5) is 4.79 Å².